The van der Waals surface area contributed by atoms with Crippen LogP contribution in [-0.2, 0) is 17.5 Å². The van der Waals surface area contributed by atoms with Crippen molar-refractivity contribution in [3.8, 4) is 5.69 Å². The first-order valence-electron chi connectivity index (χ1n) is 7.49. The normalized spacial score (nSPS) is 11.3. The number of nitrogens with zero attached hydrogens (tertiary/aromatic N) is 3. The molecule has 3 aromatic rings. The average molecular weight is 362 g/mol. The average Bonchev–Trinajstić information content (AvgIpc) is 3.11. The molecule has 0 aliphatic rings. The molecular weight excluding hydrogens is 349 g/mol. The van der Waals surface area contributed by atoms with Crippen LogP contribution in [0.4, 0.5) is 18.9 Å². The number of anilines is 1. The van der Waals surface area contributed by atoms with Gasteiger partial charge in [0, 0.05) is 30.0 Å². The highest BCUT2D eigenvalue weighted by Gasteiger charge is 2.34. The van der Waals surface area contributed by atoms with Crippen LogP contribution in [0.25, 0.3) is 5.69 Å². The van der Waals surface area contributed by atoms with Gasteiger partial charge in [-0.25, -0.2) is 4.98 Å². The summed E-state index contributed by atoms with van der Waals surface area (Å²) in [5.41, 5.74) is -1.28. The van der Waals surface area contributed by atoms with Gasteiger partial charge in [0.25, 0.3) is 5.56 Å². The van der Waals surface area contributed by atoms with Gasteiger partial charge in [-0.3, -0.25) is 9.59 Å². The second-order valence-corrected chi connectivity index (χ2v) is 5.42. The van der Waals surface area contributed by atoms with E-state index in [4.69, 9.17) is 0 Å². The van der Waals surface area contributed by atoms with Crippen LogP contribution in [0.1, 0.15) is 5.56 Å². The zero-order valence-electron chi connectivity index (χ0n) is 13.3. The molecule has 0 spiro atoms. The molecule has 2 aromatic heterocycles. The topological polar surface area (TPSA) is 68.9 Å². The van der Waals surface area contributed by atoms with Crippen molar-refractivity contribution in [1.82, 2.24) is 14.1 Å². The van der Waals surface area contributed by atoms with Gasteiger partial charge >= 0.3 is 6.18 Å². The van der Waals surface area contributed by atoms with E-state index in [1.807, 2.05) is 0 Å². The van der Waals surface area contributed by atoms with Crippen molar-refractivity contribution in [2.24, 2.45) is 0 Å². The lowest BCUT2D eigenvalue weighted by atomic mass is 10.2. The van der Waals surface area contributed by atoms with Crippen molar-refractivity contribution in [1.29, 1.82) is 0 Å². The molecule has 0 unspecified atom stereocenters. The molecule has 3 rings (SSSR count). The van der Waals surface area contributed by atoms with Gasteiger partial charge in [0.2, 0.25) is 5.91 Å². The van der Waals surface area contributed by atoms with Gasteiger partial charge in [0.15, 0.2) is 0 Å². The quantitative estimate of drug-likeness (QED) is 0.776. The third kappa shape index (κ3) is 3.82. The van der Waals surface area contributed by atoms with Gasteiger partial charge in [0.05, 0.1) is 6.33 Å². The van der Waals surface area contributed by atoms with E-state index >= 15 is 0 Å². The number of halogens is 3. The highest BCUT2D eigenvalue weighted by atomic mass is 19.4. The molecule has 26 heavy (non-hydrogen) atoms. The second-order valence-electron chi connectivity index (χ2n) is 5.42. The maximum absolute atomic E-state index is 12.7. The monoisotopic (exact) mass is 362 g/mol. The molecule has 0 bridgehead atoms. The fourth-order valence-corrected chi connectivity index (χ4v) is 2.36. The first-order valence-corrected chi connectivity index (χ1v) is 7.49. The van der Waals surface area contributed by atoms with E-state index in [9.17, 15) is 22.8 Å². The van der Waals surface area contributed by atoms with Gasteiger partial charge in [-0.15, -0.1) is 0 Å². The second kappa shape index (κ2) is 6.87. The third-order valence-electron chi connectivity index (χ3n) is 3.59. The Hall–Kier alpha value is -3.36. The lowest BCUT2D eigenvalue weighted by Crippen LogP contribution is -2.31. The predicted octanol–water partition coefficient (Wildman–Crippen LogP) is 2.69. The Morgan fingerprint density at radius 1 is 1.12 bits per heavy atom. The Bertz CT molecular complexity index is 961. The highest BCUT2D eigenvalue weighted by Crippen LogP contribution is 2.26. The van der Waals surface area contributed by atoms with Crippen LogP contribution in [-0.4, -0.2) is 20.0 Å². The number of imidazole rings is 1. The number of carbonyl (C=O) groups excluding carboxylic acids is 1. The smallest absolute Gasteiger partial charge is 0.325 e. The summed E-state index contributed by atoms with van der Waals surface area (Å²) >= 11 is 0. The molecule has 0 atom stereocenters. The Morgan fingerprint density at radius 3 is 2.46 bits per heavy atom. The summed E-state index contributed by atoms with van der Waals surface area (Å²) in [6.07, 6.45) is 1.38. The van der Waals surface area contributed by atoms with Crippen LogP contribution in [0.3, 0.4) is 0 Å². The number of carbonyl (C=O) groups is 1. The third-order valence-corrected chi connectivity index (χ3v) is 3.59. The van der Waals surface area contributed by atoms with Crippen LogP contribution in [0.2, 0.25) is 0 Å². The van der Waals surface area contributed by atoms with Gasteiger partial charge in [-0.1, -0.05) is 0 Å². The minimum absolute atomic E-state index is 0.457. The number of nitrogens with one attached hydrogen (secondary N) is 1. The summed E-state index contributed by atoms with van der Waals surface area (Å²) in [5, 5.41) is 2.54. The van der Waals surface area contributed by atoms with E-state index in [0.29, 0.717) is 11.8 Å². The summed E-state index contributed by atoms with van der Waals surface area (Å²) in [4.78, 5) is 27.8. The van der Waals surface area contributed by atoms with E-state index in [0.717, 1.165) is 22.5 Å². The molecule has 0 saturated heterocycles. The molecule has 6 nitrogen and oxygen atoms in total. The van der Waals surface area contributed by atoms with E-state index in [2.05, 4.69) is 10.3 Å². The van der Waals surface area contributed by atoms with Crippen LogP contribution in [0.5, 0.6) is 0 Å². The predicted molar refractivity (Wildman–Crippen MR) is 87.9 cm³/mol. The molecule has 0 fully saturated rings. The number of amides is 1. The van der Waals surface area contributed by atoms with Crippen molar-refractivity contribution in [3.05, 3.63) is 77.2 Å². The number of hydrogen-bond acceptors (Lipinski definition) is 3. The summed E-state index contributed by atoms with van der Waals surface area (Å²) in [5.74, 6) is -0.609. The number of pyridine rings is 1. The maximum Gasteiger partial charge on any atom is 0.421 e. The van der Waals surface area contributed by atoms with Gasteiger partial charge in [-0.2, -0.15) is 13.2 Å². The summed E-state index contributed by atoms with van der Waals surface area (Å²) in [6, 6.07) is 8.54. The number of alkyl halides is 3. The summed E-state index contributed by atoms with van der Waals surface area (Å²) < 4.78 is 40.7. The Kier molecular flexibility index (Phi) is 4.61. The van der Waals surface area contributed by atoms with E-state index in [-0.39, 0.29) is 0 Å². The zero-order valence-corrected chi connectivity index (χ0v) is 13.3. The minimum atomic E-state index is -4.76. The molecule has 1 N–H and O–H groups in total. The number of benzene rings is 1. The molecule has 1 amide bonds. The fourth-order valence-electron chi connectivity index (χ4n) is 2.36. The minimum Gasteiger partial charge on any atom is -0.325 e. The number of hydrogen-bond donors (Lipinski definition) is 1. The van der Waals surface area contributed by atoms with E-state index in [1.54, 1.807) is 47.6 Å². The van der Waals surface area contributed by atoms with E-state index in [1.165, 1.54) is 0 Å². The van der Waals surface area contributed by atoms with Gasteiger partial charge in [-0.05, 0) is 36.4 Å². The van der Waals surface area contributed by atoms with Crippen molar-refractivity contribution in [3.63, 3.8) is 0 Å². The summed E-state index contributed by atoms with van der Waals surface area (Å²) in [7, 11) is 0. The zero-order chi connectivity index (χ0) is 18.7. The lowest BCUT2D eigenvalue weighted by Gasteiger charge is -2.11. The molecule has 1 aromatic carbocycles. The number of aromatic nitrogens is 3. The Morgan fingerprint density at radius 2 is 1.85 bits per heavy atom. The molecule has 0 radical (unpaired) electrons. The highest BCUT2D eigenvalue weighted by molar-refractivity contribution is 5.90. The van der Waals surface area contributed by atoms with Crippen LogP contribution in [0, 0.1) is 0 Å². The van der Waals surface area contributed by atoms with Crippen LogP contribution >= 0.6 is 0 Å². The standard InChI is InChI=1S/C17H13F3N4O2/c18-17(19,20)14-2-1-8-23(16(14)26)10-15(25)22-12-3-5-13(6-4-12)24-9-7-21-11-24/h1-9,11H,10H2,(H,22,25). The molecule has 134 valence electrons. The van der Waals surface area contributed by atoms with Crippen LogP contribution in [0.15, 0.2) is 66.1 Å². The summed E-state index contributed by atoms with van der Waals surface area (Å²) in [6.45, 7) is -0.522. The first kappa shape index (κ1) is 17.5. The Labute approximate surface area is 145 Å². The fraction of sp³-hybridized carbons (Fsp3) is 0.118. The Balaban J connectivity index is 1.71. The lowest BCUT2D eigenvalue weighted by molar-refractivity contribution is -0.139. The molecule has 0 aliphatic carbocycles. The SMILES string of the molecule is O=C(Cn1cccc(C(F)(F)F)c1=O)Nc1ccc(-n2ccnc2)cc1. The number of rotatable bonds is 4. The van der Waals surface area contributed by atoms with Gasteiger partial charge in [0.1, 0.15) is 12.1 Å². The van der Waals surface area contributed by atoms with Crippen molar-refractivity contribution in [2.45, 2.75) is 12.7 Å². The van der Waals surface area contributed by atoms with E-state index < -0.39 is 29.8 Å². The van der Waals surface area contributed by atoms with Crippen molar-refractivity contribution in [2.75, 3.05) is 5.32 Å². The van der Waals surface area contributed by atoms with Gasteiger partial charge < -0.3 is 14.5 Å². The molecule has 9 heteroatoms. The largest absolute Gasteiger partial charge is 0.421 e. The van der Waals surface area contributed by atoms with Crippen LogP contribution < -0.4 is 10.9 Å². The molecule has 2 heterocycles. The molecule has 0 saturated carbocycles. The van der Waals surface area contributed by atoms with Crippen molar-refractivity contribution < 1.29 is 18.0 Å². The molecule has 0 aliphatic heterocycles. The molecular formula is C17H13F3N4O2. The maximum atomic E-state index is 12.7. The first-order chi connectivity index (χ1) is 12.3. The van der Waals surface area contributed by atoms with Crippen molar-refractivity contribution >= 4 is 11.6 Å².